The molecule has 0 aliphatic heterocycles. The zero-order valence-electron chi connectivity index (χ0n) is 9.24. The van der Waals surface area contributed by atoms with Crippen molar-refractivity contribution in [1.82, 2.24) is 0 Å². The van der Waals surface area contributed by atoms with E-state index in [-0.39, 0.29) is 4.90 Å². The van der Waals surface area contributed by atoms with Gasteiger partial charge in [0, 0.05) is 6.26 Å². The Hall–Kier alpha value is -0.540. The third-order valence-electron chi connectivity index (χ3n) is 3.18. The molecule has 1 fully saturated rings. The summed E-state index contributed by atoms with van der Waals surface area (Å²) in [5, 5.41) is 0.354. The van der Waals surface area contributed by atoms with Crippen LogP contribution in [0.4, 0.5) is 0 Å². The Morgan fingerprint density at radius 1 is 1.25 bits per heavy atom. The Morgan fingerprint density at radius 2 is 1.88 bits per heavy atom. The number of halogens is 1. The van der Waals surface area contributed by atoms with E-state index in [1.54, 1.807) is 6.07 Å². The van der Waals surface area contributed by atoms with Crippen molar-refractivity contribution in [1.29, 1.82) is 0 Å². The van der Waals surface area contributed by atoms with Crippen molar-refractivity contribution in [2.75, 3.05) is 6.26 Å². The molecule has 88 valence electrons. The van der Waals surface area contributed by atoms with Gasteiger partial charge in [0.2, 0.25) is 0 Å². The summed E-state index contributed by atoms with van der Waals surface area (Å²) in [4.78, 5) is 0.232. The Kier molecular flexibility index (Phi) is 3.27. The maximum Gasteiger partial charge on any atom is 0.176 e. The van der Waals surface area contributed by atoms with Crippen molar-refractivity contribution in [3.63, 3.8) is 0 Å². The summed E-state index contributed by atoms with van der Waals surface area (Å²) in [6.07, 6.45) is 6.08. The number of rotatable bonds is 2. The maximum absolute atomic E-state index is 11.4. The van der Waals surface area contributed by atoms with Gasteiger partial charge in [-0.05, 0) is 36.5 Å². The molecule has 0 aromatic heterocycles. The summed E-state index contributed by atoms with van der Waals surface area (Å²) < 4.78 is 22.8. The van der Waals surface area contributed by atoms with Gasteiger partial charge in [0.25, 0.3) is 0 Å². The number of hydrogen-bond donors (Lipinski definition) is 0. The van der Waals surface area contributed by atoms with Gasteiger partial charge in [0.05, 0.1) is 9.92 Å². The minimum absolute atomic E-state index is 0.232. The Morgan fingerprint density at radius 3 is 2.38 bits per heavy atom. The average molecular weight is 259 g/mol. The fraction of sp³-hybridized carbons (Fsp3) is 0.500. The minimum Gasteiger partial charge on any atom is -0.224 e. The molecule has 0 unspecified atom stereocenters. The number of hydrogen-bond acceptors (Lipinski definition) is 2. The lowest BCUT2D eigenvalue weighted by Crippen LogP contribution is -2.00. The van der Waals surface area contributed by atoms with Crippen LogP contribution in [0.25, 0.3) is 0 Å². The summed E-state index contributed by atoms with van der Waals surface area (Å²) in [5.74, 6) is 0.561. The molecular weight excluding hydrogens is 244 g/mol. The molecule has 4 heteroatoms. The summed E-state index contributed by atoms with van der Waals surface area (Å²) >= 11 is 6.01. The largest absolute Gasteiger partial charge is 0.224 e. The molecule has 16 heavy (non-hydrogen) atoms. The molecule has 1 aliphatic rings. The highest BCUT2D eigenvalue weighted by molar-refractivity contribution is 7.90. The average Bonchev–Trinajstić information content (AvgIpc) is 2.68. The second-order valence-corrected chi connectivity index (χ2v) is 6.83. The van der Waals surface area contributed by atoms with Crippen molar-refractivity contribution >= 4 is 21.4 Å². The third kappa shape index (κ3) is 2.41. The third-order valence-corrected chi connectivity index (χ3v) is 4.76. The van der Waals surface area contributed by atoms with Crippen molar-refractivity contribution in [2.24, 2.45) is 0 Å². The zero-order valence-corrected chi connectivity index (χ0v) is 10.8. The first kappa shape index (κ1) is 11.9. The van der Waals surface area contributed by atoms with Gasteiger partial charge >= 0.3 is 0 Å². The van der Waals surface area contributed by atoms with Gasteiger partial charge in [-0.25, -0.2) is 8.42 Å². The highest BCUT2D eigenvalue weighted by Crippen LogP contribution is 2.36. The van der Waals surface area contributed by atoms with Gasteiger partial charge in [-0.3, -0.25) is 0 Å². The topological polar surface area (TPSA) is 34.1 Å². The van der Waals surface area contributed by atoms with Gasteiger partial charge in [0.15, 0.2) is 9.84 Å². The van der Waals surface area contributed by atoms with Gasteiger partial charge in [-0.1, -0.05) is 30.5 Å². The monoisotopic (exact) mass is 258 g/mol. The van der Waals surface area contributed by atoms with Crippen LogP contribution in [0.2, 0.25) is 5.02 Å². The van der Waals surface area contributed by atoms with Crippen LogP contribution in [0.1, 0.15) is 37.2 Å². The first-order chi connectivity index (χ1) is 7.48. The van der Waals surface area contributed by atoms with Crippen molar-refractivity contribution in [2.45, 2.75) is 36.5 Å². The summed E-state index contributed by atoms with van der Waals surface area (Å²) in [6, 6.07) is 5.34. The highest BCUT2D eigenvalue weighted by atomic mass is 35.5. The second kappa shape index (κ2) is 4.38. The fourth-order valence-corrected chi connectivity index (χ4v) is 3.67. The predicted octanol–water partition coefficient (Wildman–Crippen LogP) is 3.40. The van der Waals surface area contributed by atoms with Gasteiger partial charge < -0.3 is 0 Å². The lowest BCUT2D eigenvalue weighted by molar-refractivity contribution is 0.602. The molecule has 0 amide bonds. The molecule has 0 radical (unpaired) electrons. The molecule has 0 N–H and O–H groups in total. The molecule has 1 saturated carbocycles. The standard InChI is InChI=1S/C12H15ClO2S/c1-16(14,15)12-7-6-10(8-11(12)13)9-4-2-3-5-9/h6-9H,2-5H2,1H3. The van der Waals surface area contributed by atoms with Crippen molar-refractivity contribution in [3.8, 4) is 0 Å². The Labute approximate surface area is 102 Å². The molecule has 1 aromatic carbocycles. The van der Waals surface area contributed by atoms with Crippen LogP contribution in [-0.2, 0) is 9.84 Å². The van der Waals surface area contributed by atoms with E-state index in [0.717, 1.165) is 0 Å². The van der Waals surface area contributed by atoms with E-state index in [1.165, 1.54) is 37.5 Å². The first-order valence-electron chi connectivity index (χ1n) is 5.48. The van der Waals surface area contributed by atoms with E-state index in [2.05, 4.69) is 0 Å². The molecule has 0 atom stereocenters. The van der Waals surface area contributed by atoms with Crippen LogP contribution in [0.15, 0.2) is 23.1 Å². The van der Waals surface area contributed by atoms with Crippen molar-refractivity contribution < 1.29 is 8.42 Å². The summed E-state index contributed by atoms with van der Waals surface area (Å²) in [5.41, 5.74) is 1.18. The van der Waals surface area contributed by atoms with Crippen LogP contribution >= 0.6 is 11.6 Å². The smallest absolute Gasteiger partial charge is 0.176 e. The van der Waals surface area contributed by atoms with Crippen molar-refractivity contribution in [3.05, 3.63) is 28.8 Å². The summed E-state index contributed by atoms with van der Waals surface area (Å²) in [7, 11) is -3.21. The minimum atomic E-state index is -3.21. The molecular formula is C12H15ClO2S. The molecule has 2 rings (SSSR count). The Balaban J connectivity index is 2.36. The van der Waals surface area contributed by atoms with E-state index in [0.29, 0.717) is 10.9 Å². The van der Waals surface area contributed by atoms with Gasteiger partial charge in [-0.15, -0.1) is 0 Å². The van der Waals surface area contributed by atoms with E-state index in [9.17, 15) is 8.42 Å². The van der Waals surface area contributed by atoms with Crippen LogP contribution < -0.4 is 0 Å². The number of benzene rings is 1. The summed E-state index contributed by atoms with van der Waals surface area (Å²) in [6.45, 7) is 0. The fourth-order valence-electron chi connectivity index (χ4n) is 2.33. The Bertz CT molecular complexity index is 488. The zero-order chi connectivity index (χ0) is 11.8. The normalized spacial score (nSPS) is 17.9. The lowest BCUT2D eigenvalue weighted by atomic mass is 9.98. The van der Waals surface area contributed by atoms with E-state index < -0.39 is 9.84 Å². The molecule has 1 aromatic rings. The van der Waals surface area contributed by atoms with Gasteiger partial charge in [-0.2, -0.15) is 0 Å². The van der Waals surface area contributed by atoms with Gasteiger partial charge in [0.1, 0.15) is 0 Å². The van der Waals surface area contributed by atoms with Crippen LogP contribution in [0, 0.1) is 0 Å². The maximum atomic E-state index is 11.4. The first-order valence-corrected chi connectivity index (χ1v) is 7.75. The lowest BCUT2D eigenvalue weighted by Gasteiger charge is -2.11. The highest BCUT2D eigenvalue weighted by Gasteiger charge is 2.19. The van der Waals surface area contributed by atoms with E-state index in [1.807, 2.05) is 12.1 Å². The molecule has 2 nitrogen and oxygen atoms in total. The van der Waals surface area contributed by atoms with E-state index in [4.69, 9.17) is 11.6 Å². The molecule has 0 saturated heterocycles. The van der Waals surface area contributed by atoms with Crippen LogP contribution in [0.5, 0.6) is 0 Å². The molecule has 0 spiro atoms. The predicted molar refractivity (Wildman–Crippen MR) is 65.8 cm³/mol. The van der Waals surface area contributed by atoms with E-state index >= 15 is 0 Å². The molecule has 1 aliphatic carbocycles. The molecule has 0 heterocycles. The second-order valence-electron chi connectivity index (χ2n) is 4.44. The van der Waals surface area contributed by atoms with Crippen LogP contribution in [0.3, 0.4) is 0 Å². The van der Waals surface area contributed by atoms with Crippen LogP contribution in [-0.4, -0.2) is 14.7 Å². The number of sulfone groups is 1. The SMILES string of the molecule is CS(=O)(=O)c1ccc(C2CCCC2)cc1Cl. The quantitative estimate of drug-likeness (QED) is 0.815. The molecule has 0 bridgehead atoms.